The minimum absolute atomic E-state index is 0.0203. The van der Waals surface area contributed by atoms with E-state index in [1.807, 2.05) is 15.5 Å². The van der Waals surface area contributed by atoms with Gasteiger partial charge in [0.25, 0.3) is 5.56 Å². The van der Waals surface area contributed by atoms with Crippen LogP contribution in [-0.4, -0.2) is 45.0 Å². The van der Waals surface area contributed by atoms with Crippen molar-refractivity contribution in [1.82, 2.24) is 19.4 Å². The maximum absolute atomic E-state index is 12.6. The Bertz CT molecular complexity index is 893. The molecule has 0 spiro atoms. The normalized spacial score (nSPS) is 21.7. The summed E-state index contributed by atoms with van der Waals surface area (Å²) in [4.78, 5) is 34.6. The van der Waals surface area contributed by atoms with Crippen LogP contribution in [-0.2, 0) is 11.3 Å². The molecule has 0 aliphatic carbocycles. The van der Waals surface area contributed by atoms with Crippen LogP contribution in [0.2, 0.25) is 0 Å². The number of rotatable bonds is 2. The summed E-state index contributed by atoms with van der Waals surface area (Å²) < 4.78 is 1.83. The van der Waals surface area contributed by atoms with Crippen LogP contribution in [0.1, 0.15) is 18.0 Å². The van der Waals surface area contributed by atoms with Crippen molar-refractivity contribution in [2.75, 3.05) is 25.4 Å². The average Bonchev–Trinajstić information content (AvgIpc) is 2.61. The number of fused-ring (bicyclic) bond motifs is 4. The van der Waals surface area contributed by atoms with Crippen LogP contribution in [0.4, 0.5) is 5.82 Å². The molecule has 4 heterocycles. The van der Waals surface area contributed by atoms with Crippen molar-refractivity contribution < 1.29 is 4.79 Å². The summed E-state index contributed by atoms with van der Waals surface area (Å²) in [5, 5.41) is 0. The van der Waals surface area contributed by atoms with Crippen molar-refractivity contribution in [1.29, 1.82) is 0 Å². The Balaban J connectivity index is 1.75. The average molecular weight is 340 g/mol. The van der Waals surface area contributed by atoms with E-state index in [4.69, 9.17) is 11.5 Å². The van der Waals surface area contributed by atoms with E-state index in [1.165, 1.54) is 6.33 Å². The first-order valence-corrected chi connectivity index (χ1v) is 8.35. The van der Waals surface area contributed by atoms with Crippen LogP contribution < -0.4 is 17.0 Å². The van der Waals surface area contributed by atoms with Crippen LogP contribution >= 0.6 is 0 Å². The van der Waals surface area contributed by atoms with E-state index in [9.17, 15) is 9.59 Å². The largest absolute Gasteiger partial charge is 0.384 e. The highest BCUT2D eigenvalue weighted by atomic mass is 16.2. The Labute approximate surface area is 144 Å². The van der Waals surface area contributed by atoms with Gasteiger partial charge in [0.1, 0.15) is 12.1 Å². The van der Waals surface area contributed by atoms with Gasteiger partial charge in [0, 0.05) is 48.9 Å². The maximum atomic E-state index is 12.6. The van der Waals surface area contributed by atoms with Crippen LogP contribution in [0.3, 0.4) is 0 Å². The standard InChI is InChI=1S/C17H20N6O2/c18-5-17(25)22-6-10-1-12(8-22)14-2-11(3-16(24)23(14)7-10)13-4-15(19)21-9-20-13/h2-4,9-10,12H,1,5-8,18H2,(H2,19,20,21)/t10-,12+/m0/s1. The van der Waals surface area contributed by atoms with Crippen molar-refractivity contribution in [2.24, 2.45) is 11.7 Å². The Morgan fingerprint density at radius 1 is 1.20 bits per heavy atom. The van der Waals surface area contributed by atoms with Gasteiger partial charge in [-0.25, -0.2) is 9.97 Å². The van der Waals surface area contributed by atoms with Crippen molar-refractivity contribution in [2.45, 2.75) is 18.9 Å². The second-order valence-electron chi connectivity index (χ2n) is 6.75. The molecule has 2 atom stereocenters. The number of anilines is 1. The molecule has 0 radical (unpaired) electrons. The third-order valence-electron chi connectivity index (χ3n) is 5.07. The molecule has 130 valence electrons. The highest BCUT2D eigenvalue weighted by molar-refractivity contribution is 5.78. The van der Waals surface area contributed by atoms with E-state index in [0.717, 1.165) is 17.7 Å². The van der Waals surface area contributed by atoms with E-state index in [-0.39, 0.29) is 23.9 Å². The van der Waals surface area contributed by atoms with Gasteiger partial charge in [-0.2, -0.15) is 0 Å². The number of carbonyl (C=O) groups excluding carboxylic acids is 1. The first-order valence-electron chi connectivity index (χ1n) is 8.35. The van der Waals surface area contributed by atoms with E-state index >= 15 is 0 Å². The molecule has 1 saturated heterocycles. The van der Waals surface area contributed by atoms with Crippen molar-refractivity contribution in [3.63, 3.8) is 0 Å². The predicted octanol–water partition coefficient (Wildman–Crippen LogP) is -0.208. The van der Waals surface area contributed by atoms with Gasteiger partial charge in [0.15, 0.2) is 0 Å². The molecule has 1 amide bonds. The summed E-state index contributed by atoms with van der Waals surface area (Å²) in [6, 6.07) is 5.23. The summed E-state index contributed by atoms with van der Waals surface area (Å²) >= 11 is 0. The first-order chi connectivity index (χ1) is 12.0. The Kier molecular flexibility index (Phi) is 3.76. The Morgan fingerprint density at radius 3 is 2.80 bits per heavy atom. The second-order valence-corrected chi connectivity index (χ2v) is 6.75. The molecule has 8 heteroatoms. The zero-order chi connectivity index (χ0) is 17.6. The minimum atomic E-state index is -0.0435. The van der Waals surface area contributed by atoms with Crippen LogP contribution in [0, 0.1) is 5.92 Å². The zero-order valence-corrected chi connectivity index (χ0v) is 13.8. The molecule has 25 heavy (non-hydrogen) atoms. The van der Waals surface area contributed by atoms with Gasteiger partial charge in [-0.1, -0.05) is 0 Å². The first kappa shape index (κ1) is 15.8. The number of hydrogen-bond donors (Lipinski definition) is 2. The number of nitrogens with zero attached hydrogens (tertiary/aromatic N) is 4. The number of carbonyl (C=O) groups is 1. The lowest BCUT2D eigenvalue weighted by Crippen LogP contribution is -2.50. The number of likely N-dealkylation sites (tertiary alicyclic amines) is 1. The van der Waals surface area contributed by atoms with Gasteiger partial charge < -0.3 is 20.9 Å². The van der Waals surface area contributed by atoms with Gasteiger partial charge in [0.2, 0.25) is 5.91 Å². The molecule has 2 aliphatic heterocycles. The van der Waals surface area contributed by atoms with E-state index < -0.39 is 0 Å². The molecular weight excluding hydrogens is 320 g/mol. The van der Waals surface area contributed by atoms with Gasteiger partial charge >= 0.3 is 0 Å². The van der Waals surface area contributed by atoms with Gasteiger partial charge in [-0.05, 0) is 18.4 Å². The molecule has 0 aromatic carbocycles. The van der Waals surface area contributed by atoms with E-state index in [1.54, 1.807) is 12.1 Å². The van der Waals surface area contributed by atoms with Crippen molar-refractivity contribution in [3.05, 3.63) is 40.6 Å². The van der Waals surface area contributed by atoms with Crippen LogP contribution in [0.15, 0.2) is 29.3 Å². The molecule has 2 aromatic heterocycles. The van der Waals surface area contributed by atoms with Crippen LogP contribution in [0.25, 0.3) is 11.3 Å². The highest BCUT2D eigenvalue weighted by Crippen LogP contribution is 2.36. The SMILES string of the molecule is NCC(=O)N1C[C@@H]2C[C@H](C1)c1cc(-c3cc(N)ncn3)cc(=O)n1C2. The van der Waals surface area contributed by atoms with Crippen molar-refractivity contribution in [3.8, 4) is 11.3 Å². The molecule has 4 rings (SSSR count). The number of nitrogens with two attached hydrogens (primary N) is 2. The molecule has 0 unspecified atom stereocenters. The van der Waals surface area contributed by atoms with Crippen molar-refractivity contribution >= 4 is 11.7 Å². The molecule has 8 nitrogen and oxygen atoms in total. The molecule has 4 N–H and O–H groups in total. The fourth-order valence-corrected chi connectivity index (χ4v) is 3.97. The summed E-state index contributed by atoms with van der Waals surface area (Å²) in [5.74, 6) is 0.750. The fraction of sp³-hybridized carbons (Fsp3) is 0.412. The quantitative estimate of drug-likeness (QED) is 0.780. The molecule has 2 aliphatic rings. The van der Waals surface area contributed by atoms with Gasteiger partial charge in [-0.3, -0.25) is 9.59 Å². The maximum Gasteiger partial charge on any atom is 0.251 e. The Hall–Kier alpha value is -2.74. The number of hydrogen-bond acceptors (Lipinski definition) is 6. The number of aromatic nitrogens is 3. The highest BCUT2D eigenvalue weighted by Gasteiger charge is 2.36. The minimum Gasteiger partial charge on any atom is -0.384 e. The summed E-state index contributed by atoms with van der Waals surface area (Å²) in [7, 11) is 0. The topological polar surface area (TPSA) is 120 Å². The third kappa shape index (κ3) is 2.78. The smallest absolute Gasteiger partial charge is 0.251 e. The lowest BCUT2D eigenvalue weighted by Gasteiger charge is -2.42. The Morgan fingerprint density at radius 2 is 2.04 bits per heavy atom. The van der Waals surface area contributed by atoms with Gasteiger partial charge in [-0.15, -0.1) is 0 Å². The molecule has 2 aromatic rings. The number of piperidine rings is 1. The lowest BCUT2D eigenvalue weighted by molar-refractivity contribution is -0.132. The molecule has 0 saturated carbocycles. The summed E-state index contributed by atoms with van der Waals surface area (Å²) in [5.41, 5.74) is 13.5. The fourth-order valence-electron chi connectivity index (χ4n) is 3.97. The van der Waals surface area contributed by atoms with E-state index in [2.05, 4.69) is 9.97 Å². The number of pyridine rings is 1. The second kappa shape index (κ2) is 5.96. The third-order valence-corrected chi connectivity index (χ3v) is 5.07. The number of nitrogen functional groups attached to an aromatic ring is 1. The lowest BCUT2D eigenvalue weighted by atomic mass is 9.82. The van der Waals surface area contributed by atoms with Crippen LogP contribution in [0.5, 0.6) is 0 Å². The van der Waals surface area contributed by atoms with E-state index in [0.29, 0.717) is 37.1 Å². The zero-order valence-electron chi connectivity index (χ0n) is 13.8. The molecule has 2 bridgehead atoms. The molecule has 1 fully saturated rings. The predicted molar refractivity (Wildman–Crippen MR) is 92.6 cm³/mol. The molecular formula is C17H20N6O2. The monoisotopic (exact) mass is 340 g/mol. The van der Waals surface area contributed by atoms with Gasteiger partial charge in [0.05, 0.1) is 12.2 Å². The number of amides is 1. The summed E-state index contributed by atoms with van der Waals surface area (Å²) in [6.45, 7) is 1.92. The summed E-state index contributed by atoms with van der Waals surface area (Å²) in [6.07, 6.45) is 2.36.